The number of nitrogens with one attached hydrogen (secondary N) is 2. The highest BCUT2D eigenvalue weighted by molar-refractivity contribution is 6.31. The van der Waals surface area contributed by atoms with Gasteiger partial charge >= 0.3 is 0 Å². The number of aromatic amines is 1. The van der Waals surface area contributed by atoms with Crippen LogP contribution in [0.4, 0.5) is 0 Å². The third-order valence-electron chi connectivity index (χ3n) is 3.22. The molecule has 0 spiro atoms. The topological polar surface area (TPSA) is 88.5 Å². The Morgan fingerprint density at radius 1 is 1.43 bits per heavy atom. The SMILES string of the molecule is C[C@H](NC(=O)c1cc2cc(Cl)ccc2[nH]1)c1nnnn1C. The minimum atomic E-state index is -0.299. The first-order valence-corrected chi connectivity index (χ1v) is 6.74. The van der Waals surface area contributed by atoms with Crippen molar-refractivity contribution in [2.24, 2.45) is 7.05 Å². The zero-order valence-corrected chi connectivity index (χ0v) is 12.2. The summed E-state index contributed by atoms with van der Waals surface area (Å²) in [6.45, 7) is 1.82. The molecule has 3 rings (SSSR count). The van der Waals surface area contributed by atoms with Crippen molar-refractivity contribution in [3.8, 4) is 0 Å². The van der Waals surface area contributed by atoms with Crippen LogP contribution < -0.4 is 5.32 Å². The van der Waals surface area contributed by atoms with Crippen LogP contribution in [0.1, 0.15) is 29.3 Å². The van der Waals surface area contributed by atoms with E-state index in [2.05, 4.69) is 25.8 Å². The van der Waals surface area contributed by atoms with E-state index in [1.165, 1.54) is 4.68 Å². The van der Waals surface area contributed by atoms with Gasteiger partial charge in [0, 0.05) is 23.0 Å². The summed E-state index contributed by atoms with van der Waals surface area (Å²) in [6.07, 6.45) is 0. The first kappa shape index (κ1) is 13.6. The molecular formula is C13H13ClN6O. The second-order valence-electron chi connectivity index (χ2n) is 4.77. The molecule has 8 heteroatoms. The Bertz CT molecular complexity index is 808. The smallest absolute Gasteiger partial charge is 0.268 e. The molecule has 0 radical (unpaired) electrons. The highest BCUT2D eigenvalue weighted by atomic mass is 35.5. The van der Waals surface area contributed by atoms with Gasteiger partial charge in [-0.25, -0.2) is 4.68 Å². The van der Waals surface area contributed by atoms with Gasteiger partial charge < -0.3 is 10.3 Å². The number of rotatable bonds is 3. The molecule has 2 heterocycles. The summed E-state index contributed by atoms with van der Waals surface area (Å²) in [7, 11) is 1.73. The molecule has 108 valence electrons. The lowest BCUT2D eigenvalue weighted by Crippen LogP contribution is -2.28. The molecule has 1 amide bonds. The van der Waals surface area contributed by atoms with E-state index in [9.17, 15) is 4.79 Å². The van der Waals surface area contributed by atoms with Gasteiger partial charge in [0.05, 0.1) is 6.04 Å². The standard InChI is InChI=1S/C13H13ClN6O/c1-7(12-17-18-19-20(12)2)15-13(21)11-6-8-5-9(14)3-4-10(8)16-11/h3-7,16H,1-2H3,(H,15,21)/t7-/m0/s1. The van der Waals surface area contributed by atoms with E-state index >= 15 is 0 Å². The molecule has 1 atom stereocenters. The molecule has 0 aliphatic carbocycles. The predicted molar refractivity (Wildman–Crippen MR) is 78.0 cm³/mol. The Labute approximate surface area is 125 Å². The number of carbonyl (C=O) groups excluding carboxylic acids is 1. The number of aromatic nitrogens is 5. The van der Waals surface area contributed by atoms with Gasteiger partial charge in [0.1, 0.15) is 5.69 Å². The average molecular weight is 305 g/mol. The number of amides is 1. The van der Waals surface area contributed by atoms with Crippen LogP contribution >= 0.6 is 11.6 Å². The van der Waals surface area contributed by atoms with Gasteiger partial charge in [-0.2, -0.15) is 0 Å². The Morgan fingerprint density at radius 2 is 2.24 bits per heavy atom. The third-order valence-corrected chi connectivity index (χ3v) is 3.45. The number of hydrogen-bond donors (Lipinski definition) is 2. The van der Waals surface area contributed by atoms with E-state index in [1.54, 1.807) is 25.2 Å². The molecule has 0 unspecified atom stereocenters. The molecule has 0 bridgehead atoms. The fraction of sp³-hybridized carbons (Fsp3) is 0.231. The van der Waals surface area contributed by atoms with Crippen LogP contribution in [0.15, 0.2) is 24.3 Å². The Kier molecular flexibility index (Phi) is 3.34. The van der Waals surface area contributed by atoms with Crippen LogP contribution in [0.2, 0.25) is 5.02 Å². The first-order chi connectivity index (χ1) is 10.0. The average Bonchev–Trinajstić information content (AvgIpc) is 3.04. The van der Waals surface area contributed by atoms with E-state index in [1.807, 2.05) is 13.0 Å². The molecule has 3 aromatic rings. The monoisotopic (exact) mass is 304 g/mol. The summed E-state index contributed by atoms with van der Waals surface area (Å²) in [5, 5.41) is 15.5. The van der Waals surface area contributed by atoms with Crippen molar-refractivity contribution in [2.45, 2.75) is 13.0 Å². The van der Waals surface area contributed by atoms with Gasteiger partial charge in [-0.1, -0.05) is 11.6 Å². The second kappa shape index (κ2) is 5.17. The molecule has 7 nitrogen and oxygen atoms in total. The summed E-state index contributed by atoms with van der Waals surface area (Å²) in [5.41, 5.74) is 1.33. The Hall–Kier alpha value is -2.41. The summed E-state index contributed by atoms with van der Waals surface area (Å²) in [5.74, 6) is 0.361. The number of aryl methyl sites for hydroxylation is 1. The van der Waals surface area contributed by atoms with Crippen LogP contribution in [0.25, 0.3) is 10.9 Å². The van der Waals surface area contributed by atoms with Crippen LogP contribution in [0, 0.1) is 0 Å². The maximum Gasteiger partial charge on any atom is 0.268 e. The molecule has 21 heavy (non-hydrogen) atoms. The molecule has 2 N–H and O–H groups in total. The summed E-state index contributed by atoms with van der Waals surface area (Å²) in [4.78, 5) is 15.3. The third kappa shape index (κ3) is 2.59. The number of halogens is 1. The number of fused-ring (bicyclic) bond motifs is 1. The molecule has 0 saturated carbocycles. The molecule has 2 aromatic heterocycles. The van der Waals surface area contributed by atoms with Gasteiger partial charge in [0.2, 0.25) is 0 Å². The largest absolute Gasteiger partial charge is 0.351 e. The van der Waals surface area contributed by atoms with E-state index in [4.69, 9.17) is 11.6 Å². The minimum absolute atomic E-state index is 0.224. The van der Waals surface area contributed by atoms with Crippen LogP contribution in [0.3, 0.4) is 0 Å². The normalized spacial score (nSPS) is 12.5. The van der Waals surface area contributed by atoms with Crippen molar-refractivity contribution >= 4 is 28.4 Å². The maximum atomic E-state index is 12.3. The predicted octanol–water partition coefficient (Wildman–Crippen LogP) is 1.84. The second-order valence-corrected chi connectivity index (χ2v) is 5.21. The van der Waals surface area contributed by atoms with Crippen molar-refractivity contribution in [3.63, 3.8) is 0 Å². The van der Waals surface area contributed by atoms with Gasteiger partial charge in [-0.3, -0.25) is 4.79 Å². The van der Waals surface area contributed by atoms with E-state index in [-0.39, 0.29) is 11.9 Å². The van der Waals surface area contributed by atoms with E-state index in [0.717, 1.165) is 10.9 Å². The molecule has 1 aromatic carbocycles. The van der Waals surface area contributed by atoms with E-state index in [0.29, 0.717) is 16.5 Å². The molecular weight excluding hydrogens is 292 g/mol. The van der Waals surface area contributed by atoms with Gasteiger partial charge in [-0.05, 0) is 41.6 Å². The number of benzene rings is 1. The van der Waals surface area contributed by atoms with Crippen molar-refractivity contribution in [1.82, 2.24) is 30.5 Å². The zero-order valence-electron chi connectivity index (χ0n) is 11.5. The van der Waals surface area contributed by atoms with Crippen LogP contribution in [-0.4, -0.2) is 31.1 Å². The lowest BCUT2D eigenvalue weighted by atomic mass is 10.2. The fourth-order valence-electron chi connectivity index (χ4n) is 2.17. The lowest BCUT2D eigenvalue weighted by molar-refractivity contribution is 0.0933. The number of carbonyl (C=O) groups is 1. The number of H-pyrrole nitrogens is 1. The minimum Gasteiger partial charge on any atom is -0.351 e. The van der Waals surface area contributed by atoms with Gasteiger partial charge in [0.25, 0.3) is 5.91 Å². The molecule has 0 saturated heterocycles. The highest BCUT2D eigenvalue weighted by Gasteiger charge is 2.17. The Morgan fingerprint density at radius 3 is 2.95 bits per heavy atom. The fourth-order valence-corrected chi connectivity index (χ4v) is 2.35. The van der Waals surface area contributed by atoms with Crippen molar-refractivity contribution < 1.29 is 4.79 Å². The first-order valence-electron chi connectivity index (χ1n) is 6.36. The van der Waals surface area contributed by atoms with Crippen molar-refractivity contribution in [3.05, 3.63) is 40.8 Å². The molecule has 0 aliphatic rings. The summed E-state index contributed by atoms with van der Waals surface area (Å²) in [6, 6.07) is 6.88. The number of nitrogens with zero attached hydrogens (tertiary/aromatic N) is 4. The summed E-state index contributed by atoms with van der Waals surface area (Å²) < 4.78 is 1.52. The number of hydrogen-bond acceptors (Lipinski definition) is 4. The van der Waals surface area contributed by atoms with Crippen LogP contribution in [-0.2, 0) is 7.05 Å². The maximum absolute atomic E-state index is 12.3. The van der Waals surface area contributed by atoms with Gasteiger partial charge in [-0.15, -0.1) is 5.10 Å². The zero-order chi connectivity index (χ0) is 15.0. The van der Waals surface area contributed by atoms with Gasteiger partial charge in [0.15, 0.2) is 5.82 Å². The number of tetrazole rings is 1. The van der Waals surface area contributed by atoms with Crippen molar-refractivity contribution in [1.29, 1.82) is 0 Å². The van der Waals surface area contributed by atoms with Crippen LogP contribution in [0.5, 0.6) is 0 Å². The quantitative estimate of drug-likeness (QED) is 0.772. The highest BCUT2D eigenvalue weighted by Crippen LogP contribution is 2.20. The molecule has 0 fully saturated rings. The lowest BCUT2D eigenvalue weighted by Gasteiger charge is -2.11. The van der Waals surface area contributed by atoms with Crippen molar-refractivity contribution in [2.75, 3.05) is 0 Å². The Balaban J connectivity index is 1.82. The van der Waals surface area contributed by atoms with E-state index < -0.39 is 0 Å². The molecule has 0 aliphatic heterocycles. The summed E-state index contributed by atoms with van der Waals surface area (Å²) >= 11 is 5.94.